The van der Waals surface area contributed by atoms with Crippen molar-refractivity contribution in [3.63, 3.8) is 0 Å². The summed E-state index contributed by atoms with van der Waals surface area (Å²) in [5, 5.41) is 0.594. The topological polar surface area (TPSA) is 39.4 Å². The molecule has 0 unspecified atom stereocenters. The second-order valence-electron chi connectivity index (χ2n) is 4.96. The van der Waals surface area contributed by atoms with E-state index in [4.69, 9.17) is 9.15 Å². The summed E-state index contributed by atoms with van der Waals surface area (Å²) in [5.41, 5.74) is 2.05. The normalized spacial score (nSPS) is 10.6. The van der Waals surface area contributed by atoms with Gasteiger partial charge in [-0.1, -0.05) is 18.2 Å². The SMILES string of the molecule is C=CCc1c(-c2ccc(OC)cc2)oc2ccccc2c1=O. The standard InChI is InChI=1S/C19H16O3/c1-3-6-16-18(20)15-7-4-5-8-17(15)22-19(16)13-9-11-14(21-2)12-10-13/h3-5,7-12H,1,6H2,2H3. The Labute approximate surface area is 128 Å². The number of methoxy groups -OCH3 is 1. The molecule has 0 saturated carbocycles. The molecule has 0 aliphatic heterocycles. The highest BCUT2D eigenvalue weighted by Crippen LogP contribution is 2.27. The van der Waals surface area contributed by atoms with E-state index in [-0.39, 0.29) is 5.43 Å². The van der Waals surface area contributed by atoms with Crippen molar-refractivity contribution in [2.45, 2.75) is 6.42 Å². The van der Waals surface area contributed by atoms with Crippen molar-refractivity contribution >= 4 is 11.0 Å². The Morgan fingerprint density at radius 3 is 2.55 bits per heavy atom. The maximum Gasteiger partial charge on any atom is 0.196 e. The van der Waals surface area contributed by atoms with Crippen LogP contribution in [0.25, 0.3) is 22.3 Å². The molecule has 0 aliphatic rings. The lowest BCUT2D eigenvalue weighted by Crippen LogP contribution is -2.10. The highest BCUT2D eigenvalue weighted by atomic mass is 16.5. The third-order valence-corrected chi connectivity index (χ3v) is 3.59. The molecule has 2 aromatic carbocycles. The van der Waals surface area contributed by atoms with Crippen LogP contribution in [0.4, 0.5) is 0 Å². The van der Waals surface area contributed by atoms with Gasteiger partial charge in [-0.15, -0.1) is 6.58 Å². The average molecular weight is 292 g/mol. The Morgan fingerprint density at radius 2 is 1.86 bits per heavy atom. The molecular weight excluding hydrogens is 276 g/mol. The van der Waals surface area contributed by atoms with Gasteiger partial charge in [-0.25, -0.2) is 0 Å². The van der Waals surface area contributed by atoms with Gasteiger partial charge in [-0.05, 0) is 42.8 Å². The smallest absolute Gasteiger partial charge is 0.196 e. The van der Waals surface area contributed by atoms with Crippen LogP contribution in [0.2, 0.25) is 0 Å². The number of hydrogen-bond acceptors (Lipinski definition) is 3. The molecule has 0 atom stereocenters. The first-order chi connectivity index (χ1) is 10.7. The molecule has 110 valence electrons. The predicted molar refractivity (Wildman–Crippen MR) is 88.4 cm³/mol. The number of benzene rings is 2. The fourth-order valence-electron chi connectivity index (χ4n) is 2.49. The van der Waals surface area contributed by atoms with Crippen molar-refractivity contribution in [3.05, 3.63) is 77.0 Å². The van der Waals surface area contributed by atoms with Gasteiger partial charge in [0.25, 0.3) is 0 Å². The average Bonchev–Trinajstić information content (AvgIpc) is 2.57. The molecule has 0 radical (unpaired) electrons. The summed E-state index contributed by atoms with van der Waals surface area (Å²) in [7, 11) is 1.62. The van der Waals surface area contributed by atoms with E-state index in [9.17, 15) is 4.79 Å². The van der Waals surface area contributed by atoms with Crippen LogP contribution in [0.5, 0.6) is 5.75 Å². The second kappa shape index (κ2) is 5.90. The zero-order valence-electron chi connectivity index (χ0n) is 12.3. The maximum atomic E-state index is 12.7. The molecule has 0 aliphatic carbocycles. The minimum absolute atomic E-state index is 0.00688. The van der Waals surface area contributed by atoms with E-state index in [2.05, 4.69) is 6.58 Å². The first-order valence-electron chi connectivity index (χ1n) is 7.04. The Morgan fingerprint density at radius 1 is 1.14 bits per heavy atom. The zero-order valence-corrected chi connectivity index (χ0v) is 12.3. The van der Waals surface area contributed by atoms with Gasteiger partial charge in [0, 0.05) is 11.1 Å². The summed E-state index contributed by atoms with van der Waals surface area (Å²) in [6.07, 6.45) is 2.18. The van der Waals surface area contributed by atoms with Crippen molar-refractivity contribution in [2.75, 3.05) is 7.11 Å². The van der Waals surface area contributed by atoms with E-state index < -0.39 is 0 Å². The molecule has 3 nitrogen and oxygen atoms in total. The van der Waals surface area contributed by atoms with Gasteiger partial charge >= 0.3 is 0 Å². The van der Waals surface area contributed by atoms with E-state index in [1.807, 2.05) is 36.4 Å². The minimum Gasteiger partial charge on any atom is -0.497 e. The lowest BCUT2D eigenvalue weighted by molar-refractivity contribution is 0.415. The lowest BCUT2D eigenvalue weighted by atomic mass is 10.0. The van der Waals surface area contributed by atoms with Gasteiger partial charge in [-0.3, -0.25) is 4.79 Å². The van der Waals surface area contributed by atoms with Gasteiger partial charge in [-0.2, -0.15) is 0 Å². The number of ether oxygens (including phenoxy) is 1. The third-order valence-electron chi connectivity index (χ3n) is 3.59. The molecule has 0 fully saturated rings. The molecule has 0 bridgehead atoms. The van der Waals surface area contributed by atoms with Crippen molar-refractivity contribution in [2.24, 2.45) is 0 Å². The number of hydrogen-bond donors (Lipinski definition) is 0. The molecule has 1 heterocycles. The molecule has 3 aromatic rings. The van der Waals surface area contributed by atoms with Crippen molar-refractivity contribution < 1.29 is 9.15 Å². The molecule has 0 amide bonds. The zero-order chi connectivity index (χ0) is 15.5. The van der Waals surface area contributed by atoms with Crippen LogP contribution in [0, 0.1) is 0 Å². The van der Waals surface area contributed by atoms with Crippen molar-refractivity contribution in [1.29, 1.82) is 0 Å². The van der Waals surface area contributed by atoms with E-state index in [1.54, 1.807) is 25.3 Å². The predicted octanol–water partition coefficient (Wildman–Crippen LogP) is 4.20. The molecule has 22 heavy (non-hydrogen) atoms. The largest absolute Gasteiger partial charge is 0.497 e. The second-order valence-corrected chi connectivity index (χ2v) is 4.96. The molecule has 1 aromatic heterocycles. The van der Waals surface area contributed by atoms with Crippen molar-refractivity contribution in [3.8, 4) is 17.1 Å². The fraction of sp³-hybridized carbons (Fsp3) is 0.105. The van der Waals surface area contributed by atoms with Gasteiger partial charge in [0.05, 0.1) is 12.5 Å². The van der Waals surface area contributed by atoms with Crippen LogP contribution in [0.15, 0.2) is 70.4 Å². The quantitative estimate of drug-likeness (QED) is 0.677. The lowest BCUT2D eigenvalue weighted by Gasteiger charge is -2.09. The molecule has 3 rings (SSSR count). The Balaban J connectivity index is 2.28. The van der Waals surface area contributed by atoms with Crippen LogP contribution >= 0.6 is 0 Å². The van der Waals surface area contributed by atoms with E-state index >= 15 is 0 Å². The summed E-state index contributed by atoms with van der Waals surface area (Å²) in [4.78, 5) is 12.7. The molecule has 0 saturated heterocycles. The van der Waals surface area contributed by atoms with E-state index in [0.717, 1.165) is 11.3 Å². The summed E-state index contributed by atoms with van der Waals surface area (Å²) >= 11 is 0. The fourth-order valence-corrected chi connectivity index (χ4v) is 2.49. The van der Waals surface area contributed by atoms with E-state index in [1.165, 1.54) is 0 Å². The van der Waals surface area contributed by atoms with Gasteiger partial charge in [0.2, 0.25) is 0 Å². The highest BCUT2D eigenvalue weighted by Gasteiger charge is 2.14. The summed E-state index contributed by atoms with van der Waals surface area (Å²) < 4.78 is 11.2. The summed E-state index contributed by atoms with van der Waals surface area (Å²) in [5.74, 6) is 1.35. The van der Waals surface area contributed by atoms with Crippen LogP contribution in [-0.2, 0) is 6.42 Å². The molecular formula is C19H16O3. The number of rotatable bonds is 4. The van der Waals surface area contributed by atoms with Gasteiger partial charge < -0.3 is 9.15 Å². The molecule has 3 heteroatoms. The summed E-state index contributed by atoms with van der Waals surface area (Å²) in [6, 6.07) is 14.8. The maximum absolute atomic E-state index is 12.7. The highest BCUT2D eigenvalue weighted by molar-refractivity contribution is 5.80. The third kappa shape index (κ3) is 2.42. The first-order valence-corrected chi connectivity index (χ1v) is 7.04. The monoisotopic (exact) mass is 292 g/mol. The van der Waals surface area contributed by atoms with Crippen molar-refractivity contribution in [1.82, 2.24) is 0 Å². The minimum atomic E-state index is -0.00688. The number of fused-ring (bicyclic) bond motifs is 1. The van der Waals surface area contributed by atoms with E-state index in [0.29, 0.717) is 28.7 Å². The summed E-state index contributed by atoms with van der Waals surface area (Å²) in [6.45, 7) is 3.74. The molecule has 0 spiro atoms. The van der Waals surface area contributed by atoms with Crippen LogP contribution in [-0.4, -0.2) is 7.11 Å². The number of para-hydroxylation sites is 1. The van der Waals surface area contributed by atoms with Crippen LogP contribution in [0.1, 0.15) is 5.56 Å². The molecule has 0 N–H and O–H groups in total. The first kappa shape index (κ1) is 14.1. The van der Waals surface area contributed by atoms with Crippen LogP contribution < -0.4 is 10.2 Å². The Bertz CT molecular complexity index is 873. The number of allylic oxidation sites excluding steroid dienone is 1. The van der Waals surface area contributed by atoms with Gasteiger partial charge in [0.15, 0.2) is 5.43 Å². The Hall–Kier alpha value is -2.81. The van der Waals surface area contributed by atoms with Gasteiger partial charge in [0.1, 0.15) is 17.1 Å². The Kier molecular flexibility index (Phi) is 3.79. The van der Waals surface area contributed by atoms with Crippen LogP contribution in [0.3, 0.4) is 0 Å².